The third kappa shape index (κ3) is 3.74. The molecule has 1 aromatic carbocycles. The van der Waals surface area contributed by atoms with E-state index >= 15 is 0 Å². The van der Waals surface area contributed by atoms with Crippen LogP contribution in [0.4, 0.5) is 5.69 Å². The third-order valence-corrected chi connectivity index (χ3v) is 6.54. The van der Waals surface area contributed by atoms with E-state index in [0.29, 0.717) is 25.0 Å². The fraction of sp³-hybridized carbons (Fsp3) is 0.647. The SMILES string of the molecule is CN(C)[C@H]1CNC[C@@H]1c1ccc(N2CCN(S(C)(=O)=O)CC2)cc1. The summed E-state index contributed by atoms with van der Waals surface area (Å²) in [6.07, 6.45) is 1.29. The second-order valence-corrected chi connectivity index (χ2v) is 9.02. The Labute approximate surface area is 145 Å². The van der Waals surface area contributed by atoms with E-state index in [0.717, 1.165) is 26.2 Å². The normalized spacial score (nSPS) is 26.2. The maximum absolute atomic E-state index is 11.6. The zero-order chi connectivity index (χ0) is 17.3. The van der Waals surface area contributed by atoms with Crippen LogP contribution in [-0.2, 0) is 10.0 Å². The first-order valence-electron chi connectivity index (χ1n) is 8.53. The van der Waals surface area contributed by atoms with Gasteiger partial charge in [-0.05, 0) is 31.8 Å². The summed E-state index contributed by atoms with van der Waals surface area (Å²) >= 11 is 0. The van der Waals surface area contributed by atoms with Crippen LogP contribution in [0.3, 0.4) is 0 Å². The van der Waals surface area contributed by atoms with E-state index in [-0.39, 0.29) is 0 Å². The molecule has 0 saturated carbocycles. The molecule has 0 aromatic heterocycles. The molecular formula is C17H28N4O2S. The Bertz CT molecular complexity index is 652. The average Bonchev–Trinajstić information content (AvgIpc) is 3.04. The predicted molar refractivity (Wildman–Crippen MR) is 98.2 cm³/mol. The van der Waals surface area contributed by atoms with Crippen LogP contribution in [0.2, 0.25) is 0 Å². The van der Waals surface area contributed by atoms with Crippen LogP contribution in [-0.4, -0.2) is 83.3 Å². The number of hydrogen-bond donors (Lipinski definition) is 1. The first-order chi connectivity index (χ1) is 11.4. The lowest BCUT2D eigenvalue weighted by atomic mass is 9.93. The topological polar surface area (TPSA) is 55.9 Å². The summed E-state index contributed by atoms with van der Waals surface area (Å²) in [6.45, 7) is 4.68. The van der Waals surface area contributed by atoms with Crippen molar-refractivity contribution in [2.75, 3.05) is 64.5 Å². The lowest BCUT2D eigenvalue weighted by Gasteiger charge is -2.35. The molecule has 2 atom stereocenters. The van der Waals surface area contributed by atoms with Crippen molar-refractivity contribution in [3.8, 4) is 0 Å². The molecule has 0 bridgehead atoms. The molecule has 24 heavy (non-hydrogen) atoms. The number of anilines is 1. The Balaban J connectivity index is 1.65. The van der Waals surface area contributed by atoms with Crippen LogP contribution in [0.15, 0.2) is 24.3 Å². The highest BCUT2D eigenvalue weighted by Crippen LogP contribution is 2.28. The molecule has 2 heterocycles. The molecule has 0 aliphatic carbocycles. The lowest BCUT2D eigenvalue weighted by Crippen LogP contribution is -2.48. The van der Waals surface area contributed by atoms with Gasteiger partial charge >= 0.3 is 0 Å². The molecule has 0 unspecified atom stereocenters. The average molecular weight is 353 g/mol. The van der Waals surface area contributed by atoms with Crippen LogP contribution < -0.4 is 10.2 Å². The molecule has 134 valence electrons. The summed E-state index contributed by atoms with van der Waals surface area (Å²) < 4.78 is 24.8. The zero-order valence-corrected chi connectivity index (χ0v) is 15.6. The van der Waals surface area contributed by atoms with Crippen molar-refractivity contribution in [3.63, 3.8) is 0 Å². The van der Waals surface area contributed by atoms with Gasteiger partial charge in [0, 0.05) is 56.9 Å². The minimum absolute atomic E-state index is 0.524. The monoisotopic (exact) mass is 352 g/mol. The Kier molecular flexibility index (Phi) is 5.15. The number of nitrogens with one attached hydrogen (secondary N) is 1. The van der Waals surface area contributed by atoms with Crippen LogP contribution in [0, 0.1) is 0 Å². The molecule has 1 N–H and O–H groups in total. The van der Waals surface area contributed by atoms with E-state index in [9.17, 15) is 8.42 Å². The van der Waals surface area contributed by atoms with E-state index in [4.69, 9.17) is 0 Å². The number of rotatable bonds is 4. The van der Waals surface area contributed by atoms with Crippen LogP contribution in [0.25, 0.3) is 0 Å². The highest BCUT2D eigenvalue weighted by molar-refractivity contribution is 7.88. The Hall–Kier alpha value is -1.15. The third-order valence-electron chi connectivity index (χ3n) is 5.24. The van der Waals surface area contributed by atoms with Gasteiger partial charge in [0.2, 0.25) is 10.0 Å². The number of sulfonamides is 1. The van der Waals surface area contributed by atoms with Gasteiger partial charge in [0.05, 0.1) is 6.26 Å². The van der Waals surface area contributed by atoms with Gasteiger partial charge in [-0.15, -0.1) is 0 Å². The molecule has 2 saturated heterocycles. The van der Waals surface area contributed by atoms with Crippen molar-refractivity contribution < 1.29 is 8.42 Å². The van der Waals surface area contributed by atoms with Gasteiger partial charge in [-0.25, -0.2) is 8.42 Å². The highest BCUT2D eigenvalue weighted by atomic mass is 32.2. The van der Waals surface area contributed by atoms with Gasteiger partial charge in [-0.3, -0.25) is 0 Å². The first kappa shape index (κ1) is 17.7. The molecular weight excluding hydrogens is 324 g/mol. The fourth-order valence-electron chi connectivity index (χ4n) is 3.76. The summed E-state index contributed by atoms with van der Waals surface area (Å²) in [7, 11) is 1.21. The van der Waals surface area contributed by atoms with E-state index in [2.05, 4.69) is 53.5 Å². The molecule has 6 nitrogen and oxygen atoms in total. The van der Waals surface area contributed by atoms with Gasteiger partial charge < -0.3 is 15.1 Å². The van der Waals surface area contributed by atoms with Gasteiger partial charge in [-0.1, -0.05) is 12.1 Å². The highest BCUT2D eigenvalue weighted by Gasteiger charge is 2.30. The summed E-state index contributed by atoms with van der Waals surface area (Å²) in [6, 6.07) is 9.35. The number of likely N-dealkylation sites (N-methyl/N-ethyl adjacent to an activating group) is 1. The lowest BCUT2D eigenvalue weighted by molar-refractivity contribution is 0.291. The molecule has 2 fully saturated rings. The molecule has 1 aromatic rings. The smallest absolute Gasteiger partial charge is 0.211 e. The van der Waals surface area contributed by atoms with E-state index in [1.807, 2.05) is 0 Å². The summed E-state index contributed by atoms with van der Waals surface area (Å²) in [5, 5.41) is 3.48. The molecule has 0 radical (unpaired) electrons. The van der Waals surface area contributed by atoms with Crippen molar-refractivity contribution in [3.05, 3.63) is 29.8 Å². The zero-order valence-electron chi connectivity index (χ0n) is 14.8. The van der Waals surface area contributed by atoms with E-state index in [1.54, 1.807) is 4.31 Å². The van der Waals surface area contributed by atoms with E-state index in [1.165, 1.54) is 17.5 Å². The van der Waals surface area contributed by atoms with Crippen molar-refractivity contribution >= 4 is 15.7 Å². The largest absolute Gasteiger partial charge is 0.369 e. The first-order valence-corrected chi connectivity index (χ1v) is 10.4. The maximum Gasteiger partial charge on any atom is 0.211 e. The molecule has 0 spiro atoms. The molecule has 3 rings (SSSR count). The van der Waals surface area contributed by atoms with Crippen molar-refractivity contribution in [2.45, 2.75) is 12.0 Å². The van der Waals surface area contributed by atoms with Gasteiger partial charge in [0.15, 0.2) is 0 Å². The number of piperazine rings is 1. The van der Waals surface area contributed by atoms with Crippen LogP contribution in [0.5, 0.6) is 0 Å². The fourth-order valence-corrected chi connectivity index (χ4v) is 4.58. The number of nitrogens with zero attached hydrogens (tertiary/aromatic N) is 3. The van der Waals surface area contributed by atoms with Gasteiger partial charge in [0.25, 0.3) is 0 Å². The minimum Gasteiger partial charge on any atom is -0.369 e. The maximum atomic E-state index is 11.6. The van der Waals surface area contributed by atoms with Gasteiger partial charge in [-0.2, -0.15) is 4.31 Å². The van der Waals surface area contributed by atoms with Gasteiger partial charge in [0.1, 0.15) is 0 Å². The Morgan fingerprint density at radius 1 is 1.04 bits per heavy atom. The standard InChI is InChI=1S/C17H28N4O2S/c1-19(2)17-13-18-12-16(17)14-4-6-15(7-5-14)20-8-10-21(11-9-20)24(3,22)23/h4-7,16-18H,8-13H2,1-3H3/t16-,17+/m1/s1. The molecule has 2 aliphatic rings. The molecule has 7 heteroatoms. The van der Waals surface area contributed by atoms with Crippen molar-refractivity contribution in [1.29, 1.82) is 0 Å². The molecule has 0 amide bonds. The summed E-state index contributed by atoms with van der Waals surface area (Å²) in [5.74, 6) is 0.524. The van der Waals surface area contributed by atoms with Crippen molar-refractivity contribution in [2.24, 2.45) is 0 Å². The Morgan fingerprint density at radius 3 is 2.21 bits per heavy atom. The van der Waals surface area contributed by atoms with Crippen LogP contribution >= 0.6 is 0 Å². The number of hydrogen-bond acceptors (Lipinski definition) is 5. The summed E-state index contributed by atoms with van der Waals surface area (Å²) in [5.41, 5.74) is 2.55. The number of benzene rings is 1. The van der Waals surface area contributed by atoms with E-state index < -0.39 is 10.0 Å². The second-order valence-electron chi connectivity index (χ2n) is 7.04. The summed E-state index contributed by atoms with van der Waals surface area (Å²) in [4.78, 5) is 4.56. The second kappa shape index (κ2) is 7.00. The molecule has 2 aliphatic heterocycles. The minimum atomic E-state index is -3.07. The predicted octanol–water partition coefficient (Wildman–Crippen LogP) is 0.385. The van der Waals surface area contributed by atoms with Crippen LogP contribution in [0.1, 0.15) is 11.5 Å². The quantitative estimate of drug-likeness (QED) is 0.849. The Morgan fingerprint density at radius 2 is 1.67 bits per heavy atom. The van der Waals surface area contributed by atoms with Crippen molar-refractivity contribution in [1.82, 2.24) is 14.5 Å².